The van der Waals surface area contributed by atoms with Gasteiger partial charge in [-0.05, 0) is 18.2 Å². The molecule has 0 radical (unpaired) electrons. The van der Waals surface area contributed by atoms with Crippen LogP contribution in [-0.2, 0) is 16.2 Å². The van der Waals surface area contributed by atoms with Crippen molar-refractivity contribution in [1.29, 1.82) is 0 Å². The van der Waals surface area contributed by atoms with Gasteiger partial charge in [-0.15, -0.1) is 0 Å². The van der Waals surface area contributed by atoms with Crippen LogP contribution in [0.3, 0.4) is 0 Å². The van der Waals surface area contributed by atoms with Crippen molar-refractivity contribution in [1.82, 2.24) is 9.29 Å². The van der Waals surface area contributed by atoms with E-state index in [2.05, 4.69) is 4.98 Å². The van der Waals surface area contributed by atoms with Crippen molar-refractivity contribution in [3.05, 3.63) is 48.2 Å². The molecule has 2 aromatic rings. The smallest absolute Gasteiger partial charge is 0.416 e. The molecule has 0 unspecified atom stereocenters. The van der Waals surface area contributed by atoms with Crippen LogP contribution in [0.4, 0.5) is 13.2 Å². The number of benzene rings is 1. The van der Waals surface area contributed by atoms with Gasteiger partial charge in [0.2, 0.25) is 15.9 Å². The summed E-state index contributed by atoms with van der Waals surface area (Å²) < 4.78 is 74.9. The minimum absolute atomic E-state index is 0.0122. The van der Waals surface area contributed by atoms with Crippen molar-refractivity contribution < 1.29 is 31.1 Å². The maximum Gasteiger partial charge on any atom is 0.416 e. The summed E-state index contributed by atoms with van der Waals surface area (Å²) in [6, 6.07) is 7.82. The van der Waals surface area contributed by atoms with Gasteiger partial charge in [-0.2, -0.15) is 17.5 Å². The number of nitrogens with zero attached hydrogens (tertiary/aromatic N) is 2. The van der Waals surface area contributed by atoms with Gasteiger partial charge in [-0.25, -0.2) is 13.4 Å². The van der Waals surface area contributed by atoms with Gasteiger partial charge in [0.25, 0.3) is 0 Å². The highest BCUT2D eigenvalue weighted by Gasteiger charge is 2.40. The first-order valence-corrected chi connectivity index (χ1v) is 8.99. The van der Waals surface area contributed by atoms with Gasteiger partial charge in [0.1, 0.15) is 16.7 Å². The van der Waals surface area contributed by atoms with Crippen molar-refractivity contribution in [3.63, 3.8) is 0 Å². The molecular weight excluding hydrogens is 373 g/mol. The van der Waals surface area contributed by atoms with Crippen LogP contribution in [-0.4, -0.2) is 44.0 Å². The second kappa shape index (κ2) is 6.76. The van der Waals surface area contributed by atoms with E-state index in [1.54, 1.807) is 12.1 Å². The molecule has 1 fully saturated rings. The van der Waals surface area contributed by atoms with Gasteiger partial charge < -0.3 is 9.47 Å². The van der Waals surface area contributed by atoms with E-state index in [1.165, 1.54) is 23.5 Å². The number of sulfonamides is 1. The van der Waals surface area contributed by atoms with Crippen LogP contribution < -0.4 is 9.47 Å². The Bertz CT molecular complexity index is 896. The lowest BCUT2D eigenvalue weighted by Gasteiger charge is -2.37. The van der Waals surface area contributed by atoms with Gasteiger partial charge >= 0.3 is 6.18 Å². The molecule has 0 saturated carbocycles. The molecule has 140 valence electrons. The number of hydrogen-bond donors (Lipinski definition) is 0. The van der Waals surface area contributed by atoms with E-state index in [1.807, 2.05) is 0 Å². The van der Waals surface area contributed by atoms with Gasteiger partial charge in [0.15, 0.2) is 0 Å². The number of alkyl halides is 3. The van der Waals surface area contributed by atoms with Crippen molar-refractivity contribution >= 4 is 10.0 Å². The third-order valence-corrected chi connectivity index (χ3v) is 5.72. The molecule has 1 aliphatic heterocycles. The van der Waals surface area contributed by atoms with E-state index in [0.717, 1.165) is 18.3 Å². The lowest BCUT2D eigenvalue weighted by molar-refractivity contribution is -0.137. The van der Waals surface area contributed by atoms with Gasteiger partial charge in [-0.3, -0.25) is 0 Å². The minimum Gasteiger partial charge on any atom is -0.495 e. The van der Waals surface area contributed by atoms with Crippen molar-refractivity contribution in [2.75, 3.05) is 20.2 Å². The Balaban J connectivity index is 1.68. The summed E-state index contributed by atoms with van der Waals surface area (Å²) in [5.41, 5.74) is -0.875. The molecule has 1 aliphatic rings. The number of methoxy groups -OCH3 is 1. The largest absolute Gasteiger partial charge is 0.495 e. The quantitative estimate of drug-likeness (QED) is 0.788. The predicted octanol–water partition coefficient (Wildman–Crippen LogP) is 2.56. The lowest BCUT2D eigenvalue weighted by Crippen LogP contribution is -2.56. The zero-order chi connectivity index (χ0) is 18.9. The fourth-order valence-corrected chi connectivity index (χ4v) is 4.12. The molecule has 10 heteroatoms. The van der Waals surface area contributed by atoms with E-state index in [4.69, 9.17) is 9.47 Å². The maximum atomic E-state index is 12.7. The number of aromatic nitrogens is 1. The fraction of sp³-hybridized carbons (Fsp3) is 0.312. The Kier molecular flexibility index (Phi) is 4.80. The van der Waals surface area contributed by atoms with E-state index in [9.17, 15) is 21.6 Å². The summed E-state index contributed by atoms with van der Waals surface area (Å²) >= 11 is 0. The van der Waals surface area contributed by atoms with Gasteiger partial charge in [0, 0.05) is 12.3 Å². The van der Waals surface area contributed by atoms with E-state index in [0.29, 0.717) is 0 Å². The first kappa shape index (κ1) is 18.5. The molecule has 1 aromatic heterocycles. The Morgan fingerprint density at radius 1 is 1.19 bits per heavy atom. The number of ether oxygens (including phenoxy) is 2. The Morgan fingerprint density at radius 2 is 1.88 bits per heavy atom. The topological polar surface area (TPSA) is 68.7 Å². The summed E-state index contributed by atoms with van der Waals surface area (Å²) in [4.78, 5) is 3.76. The zero-order valence-corrected chi connectivity index (χ0v) is 14.4. The third-order valence-electron chi connectivity index (χ3n) is 3.85. The highest BCUT2D eigenvalue weighted by Crippen LogP contribution is 2.32. The van der Waals surface area contributed by atoms with Gasteiger partial charge in [0.05, 0.1) is 25.8 Å². The van der Waals surface area contributed by atoms with Crippen LogP contribution >= 0.6 is 0 Å². The molecule has 0 atom stereocenters. The molecule has 1 aromatic carbocycles. The normalized spacial score (nSPS) is 16.2. The average Bonchev–Trinajstić information content (AvgIpc) is 2.57. The molecule has 0 amide bonds. The van der Waals surface area contributed by atoms with Crippen molar-refractivity contribution in [2.24, 2.45) is 0 Å². The van der Waals surface area contributed by atoms with Crippen molar-refractivity contribution in [3.8, 4) is 11.6 Å². The fourth-order valence-electron chi connectivity index (χ4n) is 2.46. The summed E-state index contributed by atoms with van der Waals surface area (Å²) in [7, 11) is -2.40. The van der Waals surface area contributed by atoms with Crippen LogP contribution in [0.1, 0.15) is 5.56 Å². The van der Waals surface area contributed by atoms with E-state index >= 15 is 0 Å². The van der Waals surface area contributed by atoms with Crippen LogP contribution in [0.5, 0.6) is 11.6 Å². The standard InChI is InChI=1S/C16H15F3N2O4S/c1-24-13-4-2-3-5-14(13)26(22,23)21-9-12(10-21)25-15-8-11(6-7-20-15)16(17,18)19/h2-8,12H,9-10H2,1H3. The maximum absolute atomic E-state index is 12.7. The third kappa shape index (κ3) is 3.61. The number of rotatable bonds is 5. The van der Waals surface area contributed by atoms with Crippen molar-refractivity contribution in [2.45, 2.75) is 17.2 Å². The first-order chi connectivity index (χ1) is 12.2. The summed E-state index contributed by atoms with van der Waals surface area (Å²) in [6.45, 7) is 0.0244. The zero-order valence-electron chi connectivity index (χ0n) is 13.6. The summed E-state index contributed by atoms with van der Waals surface area (Å²) in [5.74, 6) is 0.0237. The van der Waals surface area contributed by atoms with E-state index < -0.39 is 27.9 Å². The summed E-state index contributed by atoms with van der Waals surface area (Å²) in [6.07, 6.45) is -4.07. The SMILES string of the molecule is COc1ccccc1S(=O)(=O)N1CC(Oc2cc(C(F)(F)F)ccn2)C1. The number of hydrogen-bond acceptors (Lipinski definition) is 5. The minimum atomic E-state index is -4.50. The Hall–Kier alpha value is -2.33. The molecule has 6 nitrogen and oxygen atoms in total. The first-order valence-electron chi connectivity index (χ1n) is 7.55. The molecule has 0 N–H and O–H groups in total. The number of pyridine rings is 1. The van der Waals surface area contributed by atoms with Crippen LogP contribution in [0.25, 0.3) is 0 Å². The molecule has 3 rings (SSSR count). The van der Waals surface area contributed by atoms with Gasteiger partial charge in [-0.1, -0.05) is 12.1 Å². The monoisotopic (exact) mass is 388 g/mol. The predicted molar refractivity (Wildman–Crippen MR) is 85.4 cm³/mol. The lowest BCUT2D eigenvalue weighted by atomic mass is 10.2. The number of halogens is 3. The van der Waals surface area contributed by atoms with Crippen LogP contribution in [0.15, 0.2) is 47.5 Å². The van der Waals surface area contributed by atoms with Crippen LogP contribution in [0, 0.1) is 0 Å². The molecule has 0 aliphatic carbocycles. The molecule has 26 heavy (non-hydrogen) atoms. The van der Waals surface area contributed by atoms with E-state index in [-0.39, 0.29) is 29.6 Å². The summed E-state index contributed by atoms with van der Waals surface area (Å²) in [5, 5.41) is 0. The average molecular weight is 388 g/mol. The second-order valence-corrected chi connectivity index (χ2v) is 7.50. The molecular formula is C16H15F3N2O4S. The molecule has 2 heterocycles. The molecule has 0 bridgehead atoms. The Morgan fingerprint density at radius 3 is 2.54 bits per heavy atom. The number of para-hydroxylation sites is 1. The highest BCUT2D eigenvalue weighted by molar-refractivity contribution is 7.89. The van der Waals surface area contributed by atoms with Crippen LogP contribution in [0.2, 0.25) is 0 Å². The Labute approximate surface area is 148 Å². The molecule has 1 saturated heterocycles. The molecule has 0 spiro atoms. The highest BCUT2D eigenvalue weighted by atomic mass is 32.2. The second-order valence-electron chi connectivity index (χ2n) is 5.59.